The number of ether oxygens (including phenoxy) is 2. The minimum absolute atomic E-state index is 0.0246. The number of nitrogens with one attached hydrogen (secondary N) is 1. The summed E-state index contributed by atoms with van der Waals surface area (Å²) in [6.07, 6.45) is 1.59. The Kier molecular flexibility index (Phi) is 12.8. The summed E-state index contributed by atoms with van der Waals surface area (Å²) in [7, 11) is -2.45. The maximum Gasteiger partial charge on any atom is 0.258 e. The number of fused-ring (bicyclic) bond motifs is 1. The lowest BCUT2D eigenvalue weighted by atomic mass is 10.0. The van der Waals surface area contributed by atoms with E-state index in [9.17, 15) is 23.1 Å². The number of rotatable bonds is 9. The zero-order valence-corrected chi connectivity index (χ0v) is 29.5. The van der Waals surface area contributed by atoms with Gasteiger partial charge in [0.1, 0.15) is 16.3 Å². The van der Waals surface area contributed by atoms with Gasteiger partial charge in [0.2, 0.25) is 15.9 Å². The second kappa shape index (κ2) is 16.6. The number of likely N-dealkylation sites (N-methyl/N-ethyl adjacent to an activating group) is 1. The van der Waals surface area contributed by atoms with Crippen molar-refractivity contribution in [2.75, 3.05) is 38.7 Å². The number of aryl methyl sites for hydroxylation is 2. The van der Waals surface area contributed by atoms with Crippen LogP contribution in [0, 0.1) is 19.8 Å². The molecule has 4 rings (SSSR count). The first-order chi connectivity index (χ1) is 22.8. The van der Waals surface area contributed by atoms with E-state index in [0.717, 1.165) is 18.4 Å². The standard InChI is InChI=1S/C35H48N4O8S/c1-23-20-39(24(2)22-40)35(42)30-19-29(36-33(41)18-28-13-8-7-9-14-28)15-16-31(30)46-25(3)12-10-11-17-45-32(23)21-38(6)48(43,44)34-26(4)37-47-27(34)5/h7-9,13-16,19,23-25,32,40H,10-12,17-18,20-22H2,1-6H3,(H,36,41)/t23-,24+,25+,32-/m0/s1. The third-order valence-corrected chi connectivity index (χ3v) is 10.7. The Hall–Kier alpha value is -3.78. The van der Waals surface area contributed by atoms with Crippen LogP contribution in [0.25, 0.3) is 0 Å². The van der Waals surface area contributed by atoms with Crippen molar-refractivity contribution in [3.05, 3.63) is 71.1 Å². The zero-order valence-electron chi connectivity index (χ0n) is 28.6. The Labute approximate surface area is 283 Å². The first kappa shape index (κ1) is 37.0. The summed E-state index contributed by atoms with van der Waals surface area (Å²) in [6, 6.07) is 13.8. The van der Waals surface area contributed by atoms with E-state index in [1.165, 1.54) is 11.4 Å². The van der Waals surface area contributed by atoms with E-state index in [2.05, 4.69) is 10.5 Å². The fourth-order valence-corrected chi connectivity index (χ4v) is 7.27. The molecule has 2 aromatic carbocycles. The topological polar surface area (TPSA) is 152 Å². The maximum atomic E-state index is 14.4. The van der Waals surface area contributed by atoms with Gasteiger partial charge in [0.05, 0.1) is 36.8 Å². The van der Waals surface area contributed by atoms with Crippen molar-refractivity contribution in [1.82, 2.24) is 14.4 Å². The maximum absolute atomic E-state index is 14.4. The minimum Gasteiger partial charge on any atom is -0.490 e. The molecular weight excluding hydrogens is 636 g/mol. The lowest BCUT2D eigenvalue weighted by Crippen LogP contribution is -2.48. The quantitative estimate of drug-likeness (QED) is 0.330. The van der Waals surface area contributed by atoms with E-state index in [-0.39, 0.29) is 66.0 Å². The molecule has 2 heterocycles. The lowest BCUT2D eigenvalue weighted by molar-refractivity contribution is -0.115. The van der Waals surface area contributed by atoms with E-state index in [4.69, 9.17) is 14.0 Å². The van der Waals surface area contributed by atoms with Crippen LogP contribution < -0.4 is 10.1 Å². The molecule has 2 N–H and O–H groups in total. The molecule has 262 valence electrons. The molecule has 48 heavy (non-hydrogen) atoms. The molecule has 1 aliphatic heterocycles. The molecule has 0 bridgehead atoms. The van der Waals surface area contributed by atoms with Crippen LogP contribution in [0.5, 0.6) is 5.75 Å². The first-order valence-electron chi connectivity index (χ1n) is 16.4. The number of amides is 2. The molecule has 0 radical (unpaired) electrons. The van der Waals surface area contributed by atoms with Gasteiger partial charge in [0.25, 0.3) is 5.91 Å². The highest BCUT2D eigenvalue weighted by Crippen LogP contribution is 2.29. The largest absolute Gasteiger partial charge is 0.490 e. The molecule has 4 atom stereocenters. The van der Waals surface area contributed by atoms with Gasteiger partial charge in [-0.3, -0.25) is 9.59 Å². The number of carbonyl (C=O) groups excluding carboxylic acids is 2. The molecule has 12 nitrogen and oxygen atoms in total. The predicted octanol–water partition coefficient (Wildman–Crippen LogP) is 4.59. The Balaban J connectivity index is 1.64. The minimum atomic E-state index is -3.94. The molecule has 0 unspecified atom stereocenters. The highest BCUT2D eigenvalue weighted by molar-refractivity contribution is 7.89. The van der Waals surface area contributed by atoms with Gasteiger partial charge >= 0.3 is 0 Å². The smallest absolute Gasteiger partial charge is 0.258 e. The SMILES string of the molecule is Cc1noc(C)c1S(=O)(=O)N(C)C[C@@H]1OCCCC[C@@H](C)Oc2ccc(NC(=O)Cc3ccccc3)cc2C(=O)N([C@H](C)CO)C[C@@H]1C. The van der Waals surface area contributed by atoms with Crippen molar-refractivity contribution in [2.45, 2.75) is 83.4 Å². The monoisotopic (exact) mass is 684 g/mol. The molecule has 0 fully saturated rings. The lowest BCUT2D eigenvalue weighted by Gasteiger charge is -2.35. The highest BCUT2D eigenvalue weighted by Gasteiger charge is 2.34. The number of benzene rings is 2. The van der Waals surface area contributed by atoms with Crippen molar-refractivity contribution < 1.29 is 37.1 Å². The summed E-state index contributed by atoms with van der Waals surface area (Å²) >= 11 is 0. The van der Waals surface area contributed by atoms with E-state index in [0.29, 0.717) is 24.5 Å². The van der Waals surface area contributed by atoms with Gasteiger partial charge in [0, 0.05) is 38.3 Å². The summed E-state index contributed by atoms with van der Waals surface area (Å²) in [4.78, 5) is 28.8. The fraction of sp³-hybridized carbons (Fsp3) is 0.514. The molecule has 0 aliphatic carbocycles. The predicted molar refractivity (Wildman–Crippen MR) is 181 cm³/mol. The second-order valence-corrected chi connectivity index (χ2v) is 14.6. The van der Waals surface area contributed by atoms with E-state index < -0.39 is 28.1 Å². The van der Waals surface area contributed by atoms with Crippen LogP contribution in [0.4, 0.5) is 5.69 Å². The summed E-state index contributed by atoms with van der Waals surface area (Å²) in [5.74, 6) is -0.374. The van der Waals surface area contributed by atoms with Gasteiger partial charge < -0.3 is 29.3 Å². The van der Waals surface area contributed by atoms with Crippen molar-refractivity contribution >= 4 is 27.5 Å². The van der Waals surface area contributed by atoms with Crippen LogP contribution in [0.1, 0.15) is 67.4 Å². The van der Waals surface area contributed by atoms with Crippen LogP contribution >= 0.6 is 0 Å². The van der Waals surface area contributed by atoms with Crippen molar-refractivity contribution in [1.29, 1.82) is 0 Å². The number of aliphatic hydroxyl groups excluding tert-OH is 1. The number of sulfonamides is 1. The summed E-state index contributed by atoms with van der Waals surface area (Å²) < 4.78 is 46.1. The van der Waals surface area contributed by atoms with Gasteiger partial charge in [0.15, 0.2) is 5.76 Å². The van der Waals surface area contributed by atoms with Gasteiger partial charge in [-0.15, -0.1) is 0 Å². The first-order valence-corrected chi connectivity index (χ1v) is 17.8. The number of carbonyl (C=O) groups is 2. The van der Waals surface area contributed by atoms with Gasteiger partial charge in [-0.05, 0) is 70.7 Å². The Morgan fingerprint density at radius 3 is 2.54 bits per heavy atom. The summed E-state index contributed by atoms with van der Waals surface area (Å²) in [5.41, 5.74) is 1.83. The molecule has 2 amide bonds. The average molecular weight is 685 g/mol. The normalized spacial score (nSPS) is 20.5. The number of hydrogen-bond acceptors (Lipinski definition) is 9. The molecule has 0 saturated carbocycles. The molecular formula is C35H48N4O8S. The van der Waals surface area contributed by atoms with Crippen LogP contribution in [0.15, 0.2) is 57.9 Å². The molecule has 0 saturated heterocycles. The van der Waals surface area contributed by atoms with Gasteiger partial charge in [-0.25, -0.2) is 8.42 Å². The second-order valence-electron chi connectivity index (χ2n) is 12.7. The highest BCUT2D eigenvalue weighted by atomic mass is 32.2. The number of aromatic nitrogens is 1. The van der Waals surface area contributed by atoms with E-state index in [1.807, 2.05) is 44.2 Å². The third kappa shape index (κ3) is 9.22. The molecule has 1 aliphatic rings. The van der Waals surface area contributed by atoms with Gasteiger partial charge in [-0.1, -0.05) is 42.4 Å². The number of aliphatic hydroxyl groups is 1. The molecule has 13 heteroatoms. The number of anilines is 1. The molecule has 0 spiro atoms. The van der Waals surface area contributed by atoms with Crippen LogP contribution in [-0.2, 0) is 26.0 Å². The Morgan fingerprint density at radius 2 is 1.88 bits per heavy atom. The fourth-order valence-electron chi connectivity index (χ4n) is 5.80. The van der Waals surface area contributed by atoms with Crippen molar-refractivity contribution in [3.8, 4) is 5.75 Å². The van der Waals surface area contributed by atoms with E-state index in [1.54, 1.807) is 43.9 Å². The van der Waals surface area contributed by atoms with Crippen molar-refractivity contribution in [2.24, 2.45) is 5.92 Å². The summed E-state index contributed by atoms with van der Waals surface area (Å²) in [6.45, 7) is 9.00. The average Bonchev–Trinajstić information content (AvgIpc) is 3.40. The van der Waals surface area contributed by atoms with E-state index >= 15 is 0 Å². The molecule has 3 aromatic rings. The van der Waals surface area contributed by atoms with Gasteiger partial charge in [-0.2, -0.15) is 4.31 Å². The van der Waals surface area contributed by atoms with Crippen LogP contribution in [0.2, 0.25) is 0 Å². The third-order valence-electron chi connectivity index (χ3n) is 8.62. The number of nitrogens with zero attached hydrogens (tertiary/aromatic N) is 3. The van der Waals surface area contributed by atoms with Crippen LogP contribution in [-0.4, -0.2) is 91.3 Å². The summed E-state index contributed by atoms with van der Waals surface area (Å²) in [5, 5.41) is 16.9. The van der Waals surface area contributed by atoms with Crippen molar-refractivity contribution in [3.63, 3.8) is 0 Å². The Morgan fingerprint density at radius 1 is 1.15 bits per heavy atom. The van der Waals surface area contributed by atoms with Crippen LogP contribution in [0.3, 0.4) is 0 Å². The Bertz CT molecular complexity index is 1630. The number of hydrogen-bond donors (Lipinski definition) is 2. The zero-order chi connectivity index (χ0) is 35.0. The molecule has 1 aromatic heterocycles.